The molecule has 5 heteroatoms. The smallest absolute Gasteiger partial charge is 0.225 e. The molecule has 70 valence electrons. The highest BCUT2D eigenvalue weighted by atomic mass is 15.1. The molecule has 1 unspecified atom stereocenters. The number of nitrogens with zero attached hydrogens (tertiary/aromatic N) is 3. The first-order valence-corrected chi connectivity index (χ1v) is 4.43. The van der Waals surface area contributed by atoms with E-state index in [1.54, 1.807) is 0 Å². The van der Waals surface area contributed by atoms with Crippen molar-refractivity contribution in [1.29, 1.82) is 0 Å². The molecular weight excluding hydrogens is 166 g/mol. The molecule has 13 heavy (non-hydrogen) atoms. The van der Waals surface area contributed by atoms with E-state index in [1.165, 1.54) is 12.8 Å². The summed E-state index contributed by atoms with van der Waals surface area (Å²) < 4.78 is 0. The first-order chi connectivity index (χ1) is 6.16. The van der Waals surface area contributed by atoms with E-state index in [-0.39, 0.29) is 11.9 Å². The van der Waals surface area contributed by atoms with Crippen molar-refractivity contribution in [2.24, 2.45) is 5.92 Å². The zero-order chi connectivity index (χ0) is 9.42. The lowest BCUT2D eigenvalue weighted by atomic mass is 10.1. The SMILES string of the molecule is CC(c1nc(N)nc(N)n1)C1CC1. The van der Waals surface area contributed by atoms with Crippen LogP contribution >= 0.6 is 0 Å². The van der Waals surface area contributed by atoms with Gasteiger partial charge in [0.15, 0.2) is 0 Å². The molecule has 1 aliphatic carbocycles. The maximum atomic E-state index is 5.48. The number of anilines is 2. The van der Waals surface area contributed by atoms with Gasteiger partial charge in [0.05, 0.1) is 0 Å². The number of hydrogen-bond acceptors (Lipinski definition) is 5. The van der Waals surface area contributed by atoms with Crippen molar-refractivity contribution in [2.45, 2.75) is 25.7 Å². The second-order valence-corrected chi connectivity index (χ2v) is 3.54. The summed E-state index contributed by atoms with van der Waals surface area (Å²) >= 11 is 0. The van der Waals surface area contributed by atoms with E-state index in [9.17, 15) is 0 Å². The van der Waals surface area contributed by atoms with Gasteiger partial charge in [-0.3, -0.25) is 0 Å². The van der Waals surface area contributed by atoms with Gasteiger partial charge in [-0.1, -0.05) is 6.92 Å². The maximum absolute atomic E-state index is 5.48. The molecule has 1 aromatic heterocycles. The van der Waals surface area contributed by atoms with Gasteiger partial charge in [-0.25, -0.2) is 0 Å². The summed E-state index contributed by atoms with van der Waals surface area (Å²) in [4.78, 5) is 11.9. The molecular formula is C8H13N5. The van der Waals surface area contributed by atoms with Crippen LogP contribution in [0.25, 0.3) is 0 Å². The molecule has 0 aliphatic heterocycles. The zero-order valence-corrected chi connectivity index (χ0v) is 7.57. The summed E-state index contributed by atoms with van der Waals surface area (Å²) in [6.45, 7) is 2.10. The topological polar surface area (TPSA) is 90.7 Å². The van der Waals surface area contributed by atoms with E-state index in [0.29, 0.717) is 11.8 Å². The van der Waals surface area contributed by atoms with Crippen molar-refractivity contribution in [3.8, 4) is 0 Å². The lowest BCUT2D eigenvalue weighted by Gasteiger charge is -2.08. The second-order valence-electron chi connectivity index (χ2n) is 3.54. The molecule has 4 N–H and O–H groups in total. The lowest BCUT2D eigenvalue weighted by molar-refractivity contribution is 0.619. The Hall–Kier alpha value is -1.39. The van der Waals surface area contributed by atoms with Crippen molar-refractivity contribution < 1.29 is 0 Å². The van der Waals surface area contributed by atoms with Gasteiger partial charge in [0, 0.05) is 5.92 Å². The van der Waals surface area contributed by atoms with Gasteiger partial charge in [0.1, 0.15) is 5.82 Å². The Kier molecular flexibility index (Phi) is 1.79. The third-order valence-electron chi connectivity index (χ3n) is 2.42. The summed E-state index contributed by atoms with van der Waals surface area (Å²) in [6.07, 6.45) is 2.51. The van der Waals surface area contributed by atoms with Crippen LogP contribution in [0.15, 0.2) is 0 Å². The zero-order valence-electron chi connectivity index (χ0n) is 7.57. The summed E-state index contributed by atoms with van der Waals surface area (Å²) in [6, 6.07) is 0. The highest BCUT2D eigenvalue weighted by Gasteiger charge is 2.31. The van der Waals surface area contributed by atoms with E-state index in [2.05, 4.69) is 21.9 Å². The number of nitrogen functional groups attached to an aromatic ring is 2. The normalized spacial score (nSPS) is 18.5. The third-order valence-corrected chi connectivity index (χ3v) is 2.42. The highest BCUT2D eigenvalue weighted by molar-refractivity contribution is 5.27. The van der Waals surface area contributed by atoms with Gasteiger partial charge >= 0.3 is 0 Å². The van der Waals surface area contributed by atoms with Crippen molar-refractivity contribution in [3.05, 3.63) is 5.82 Å². The van der Waals surface area contributed by atoms with Gasteiger partial charge in [0.2, 0.25) is 11.9 Å². The van der Waals surface area contributed by atoms with Crippen LogP contribution in [0.4, 0.5) is 11.9 Å². The standard InChI is InChI=1S/C8H13N5/c1-4(5-2-3-5)6-11-7(9)13-8(10)12-6/h4-5H,2-3H2,1H3,(H4,9,10,11,12,13). The van der Waals surface area contributed by atoms with E-state index < -0.39 is 0 Å². The predicted octanol–water partition coefficient (Wildman–Crippen LogP) is 0.550. The number of nitrogens with two attached hydrogens (primary N) is 2. The van der Waals surface area contributed by atoms with Crippen LogP contribution in [0, 0.1) is 5.92 Å². The van der Waals surface area contributed by atoms with Crippen molar-refractivity contribution in [2.75, 3.05) is 11.5 Å². The first kappa shape index (κ1) is 8.22. The summed E-state index contributed by atoms with van der Waals surface area (Å²) in [5.74, 6) is 2.23. The molecule has 0 spiro atoms. The minimum atomic E-state index is 0.218. The number of rotatable bonds is 2. The first-order valence-electron chi connectivity index (χ1n) is 4.43. The molecule has 0 aromatic carbocycles. The van der Waals surface area contributed by atoms with Crippen LogP contribution in [0.5, 0.6) is 0 Å². The third kappa shape index (κ3) is 1.68. The minimum absolute atomic E-state index is 0.218. The molecule has 1 fully saturated rings. The molecule has 0 bridgehead atoms. The molecule has 0 saturated heterocycles. The fourth-order valence-corrected chi connectivity index (χ4v) is 1.44. The van der Waals surface area contributed by atoms with Crippen LogP contribution in [-0.4, -0.2) is 15.0 Å². The molecule has 5 nitrogen and oxygen atoms in total. The fraction of sp³-hybridized carbons (Fsp3) is 0.625. The predicted molar refractivity (Wildman–Crippen MR) is 49.8 cm³/mol. The lowest BCUT2D eigenvalue weighted by Crippen LogP contribution is -2.10. The van der Waals surface area contributed by atoms with Crippen LogP contribution in [0.2, 0.25) is 0 Å². The molecule has 0 radical (unpaired) electrons. The summed E-state index contributed by atoms with van der Waals surface area (Å²) in [5, 5.41) is 0. The summed E-state index contributed by atoms with van der Waals surface area (Å²) in [5.41, 5.74) is 11.0. The molecule has 1 aliphatic rings. The van der Waals surface area contributed by atoms with Crippen LogP contribution in [0.3, 0.4) is 0 Å². The molecule has 0 amide bonds. The number of aromatic nitrogens is 3. The van der Waals surface area contributed by atoms with Gasteiger partial charge in [-0.05, 0) is 18.8 Å². The Morgan fingerprint density at radius 3 is 2.15 bits per heavy atom. The molecule has 1 atom stereocenters. The molecule has 1 aromatic rings. The quantitative estimate of drug-likeness (QED) is 0.691. The highest BCUT2D eigenvalue weighted by Crippen LogP contribution is 2.41. The van der Waals surface area contributed by atoms with Crippen molar-refractivity contribution >= 4 is 11.9 Å². The Labute approximate surface area is 76.6 Å². The van der Waals surface area contributed by atoms with Crippen LogP contribution in [-0.2, 0) is 0 Å². The largest absolute Gasteiger partial charge is 0.368 e. The van der Waals surface area contributed by atoms with Crippen molar-refractivity contribution in [1.82, 2.24) is 15.0 Å². The monoisotopic (exact) mass is 179 g/mol. The van der Waals surface area contributed by atoms with Crippen molar-refractivity contribution in [3.63, 3.8) is 0 Å². The molecule has 1 saturated carbocycles. The average Bonchev–Trinajstić information content (AvgIpc) is 2.83. The molecule has 1 heterocycles. The Bertz CT molecular complexity index is 300. The van der Waals surface area contributed by atoms with Gasteiger partial charge < -0.3 is 11.5 Å². The van der Waals surface area contributed by atoms with E-state index in [0.717, 1.165) is 5.82 Å². The Balaban J connectivity index is 2.27. The van der Waals surface area contributed by atoms with E-state index >= 15 is 0 Å². The second kappa shape index (κ2) is 2.83. The minimum Gasteiger partial charge on any atom is -0.368 e. The number of hydrogen-bond donors (Lipinski definition) is 2. The molecule has 2 rings (SSSR count). The average molecular weight is 179 g/mol. The Morgan fingerprint density at radius 1 is 1.15 bits per heavy atom. The van der Waals surface area contributed by atoms with Gasteiger partial charge in [0.25, 0.3) is 0 Å². The van der Waals surface area contributed by atoms with Crippen LogP contribution < -0.4 is 11.5 Å². The van der Waals surface area contributed by atoms with Gasteiger partial charge in [-0.15, -0.1) is 0 Å². The Morgan fingerprint density at radius 2 is 1.69 bits per heavy atom. The summed E-state index contributed by atoms with van der Waals surface area (Å²) in [7, 11) is 0. The van der Waals surface area contributed by atoms with Gasteiger partial charge in [-0.2, -0.15) is 15.0 Å². The van der Waals surface area contributed by atoms with E-state index in [1.807, 2.05) is 0 Å². The fourth-order valence-electron chi connectivity index (χ4n) is 1.44. The van der Waals surface area contributed by atoms with E-state index in [4.69, 9.17) is 11.5 Å². The maximum Gasteiger partial charge on any atom is 0.225 e. The van der Waals surface area contributed by atoms with Crippen LogP contribution in [0.1, 0.15) is 31.5 Å².